The Labute approximate surface area is 72.7 Å². The first-order valence-electron chi connectivity index (χ1n) is 4.05. The smallest absolute Gasteiger partial charge is 0.110 e. The van der Waals surface area contributed by atoms with Crippen LogP contribution in [0.2, 0.25) is 0 Å². The van der Waals surface area contributed by atoms with E-state index in [9.17, 15) is 0 Å². The normalized spacial score (nSPS) is 13.2. The molecule has 0 fully saturated rings. The average molecular weight is 169 g/mol. The second-order valence-electron chi connectivity index (χ2n) is 2.73. The molecule has 0 radical (unpaired) electrons. The molecule has 1 rings (SSSR count). The largest absolute Gasteiger partial charge is 0.469 e. The first-order valence-corrected chi connectivity index (χ1v) is 4.05. The average Bonchev–Trinajstić information content (AvgIpc) is 2.56. The van der Waals surface area contributed by atoms with Crippen LogP contribution in [0.15, 0.2) is 22.8 Å². The van der Waals surface area contributed by atoms with Crippen molar-refractivity contribution in [2.45, 2.75) is 5.92 Å². The zero-order chi connectivity index (χ0) is 8.81. The summed E-state index contributed by atoms with van der Waals surface area (Å²) in [6.07, 6.45) is 1.69. The molecule has 0 amide bonds. The zero-order valence-corrected chi connectivity index (χ0v) is 7.54. The molecule has 3 heteroatoms. The Balaban J connectivity index is 2.53. The zero-order valence-electron chi connectivity index (χ0n) is 7.54. The summed E-state index contributed by atoms with van der Waals surface area (Å²) in [6, 6.07) is 3.87. The summed E-state index contributed by atoms with van der Waals surface area (Å²) in [5, 5.41) is 3.10. The summed E-state index contributed by atoms with van der Waals surface area (Å²) in [5.74, 6) is 1.29. The Bertz CT molecular complexity index is 190. The van der Waals surface area contributed by atoms with Gasteiger partial charge in [-0.15, -0.1) is 0 Å². The lowest BCUT2D eigenvalue weighted by Crippen LogP contribution is -2.20. The van der Waals surface area contributed by atoms with Crippen LogP contribution >= 0.6 is 0 Å². The predicted octanol–water partition coefficient (Wildman–Crippen LogP) is 1.23. The molecule has 0 aliphatic rings. The highest BCUT2D eigenvalue weighted by atomic mass is 16.5. The van der Waals surface area contributed by atoms with Crippen molar-refractivity contribution in [1.29, 1.82) is 0 Å². The van der Waals surface area contributed by atoms with Crippen LogP contribution in [0.3, 0.4) is 0 Å². The van der Waals surface area contributed by atoms with Crippen molar-refractivity contribution in [1.82, 2.24) is 5.32 Å². The van der Waals surface area contributed by atoms with E-state index < -0.39 is 0 Å². The molecule has 0 saturated heterocycles. The van der Waals surface area contributed by atoms with E-state index in [1.807, 2.05) is 19.2 Å². The minimum Gasteiger partial charge on any atom is -0.469 e. The van der Waals surface area contributed by atoms with Gasteiger partial charge in [0.25, 0.3) is 0 Å². The van der Waals surface area contributed by atoms with Crippen molar-refractivity contribution in [3.05, 3.63) is 24.2 Å². The monoisotopic (exact) mass is 169 g/mol. The second kappa shape index (κ2) is 4.95. The van der Waals surface area contributed by atoms with Gasteiger partial charge in [-0.3, -0.25) is 0 Å². The number of hydrogen-bond acceptors (Lipinski definition) is 3. The van der Waals surface area contributed by atoms with Crippen molar-refractivity contribution in [3.8, 4) is 0 Å². The summed E-state index contributed by atoms with van der Waals surface area (Å²) in [6.45, 7) is 1.57. The molecule has 0 aromatic carbocycles. The van der Waals surface area contributed by atoms with E-state index in [0.717, 1.165) is 12.3 Å². The molecule has 0 saturated carbocycles. The molecule has 0 aliphatic carbocycles. The van der Waals surface area contributed by atoms with Gasteiger partial charge >= 0.3 is 0 Å². The van der Waals surface area contributed by atoms with E-state index in [2.05, 4.69) is 5.32 Å². The van der Waals surface area contributed by atoms with Crippen LogP contribution < -0.4 is 5.32 Å². The van der Waals surface area contributed by atoms with Gasteiger partial charge in [0.05, 0.1) is 18.8 Å². The quantitative estimate of drug-likeness (QED) is 0.720. The molecule has 0 unspecified atom stereocenters. The van der Waals surface area contributed by atoms with Crippen LogP contribution in [0.4, 0.5) is 0 Å². The third kappa shape index (κ3) is 2.36. The van der Waals surface area contributed by atoms with Gasteiger partial charge in [-0.2, -0.15) is 0 Å². The van der Waals surface area contributed by atoms with Crippen LogP contribution in [0.25, 0.3) is 0 Å². The lowest BCUT2D eigenvalue weighted by Gasteiger charge is -2.11. The van der Waals surface area contributed by atoms with Gasteiger partial charge in [0.1, 0.15) is 5.76 Å². The van der Waals surface area contributed by atoms with E-state index in [1.54, 1.807) is 13.4 Å². The van der Waals surface area contributed by atoms with Crippen LogP contribution in [-0.4, -0.2) is 27.3 Å². The SMILES string of the molecule is CNC[C@@H](COC)c1ccco1. The van der Waals surface area contributed by atoms with E-state index >= 15 is 0 Å². The fraction of sp³-hybridized carbons (Fsp3) is 0.556. The Morgan fingerprint density at radius 1 is 1.67 bits per heavy atom. The Morgan fingerprint density at radius 2 is 2.50 bits per heavy atom. The number of hydrogen-bond donors (Lipinski definition) is 1. The van der Waals surface area contributed by atoms with Crippen LogP contribution in [-0.2, 0) is 4.74 Å². The molecule has 1 aromatic rings. The maximum Gasteiger partial charge on any atom is 0.110 e. The molecule has 1 atom stereocenters. The highest BCUT2D eigenvalue weighted by molar-refractivity contribution is 5.05. The highest BCUT2D eigenvalue weighted by Gasteiger charge is 2.12. The molecule has 3 nitrogen and oxygen atoms in total. The first kappa shape index (κ1) is 9.29. The summed E-state index contributed by atoms with van der Waals surface area (Å²) in [5.41, 5.74) is 0. The van der Waals surface area contributed by atoms with Gasteiger partial charge in [0, 0.05) is 13.7 Å². The lowest BCUT2D eigenvalue weighted by atomic mass is 10.1. The second-order valence-corrected chi connectivity index (χ2v) is 2.73. The number of nitrogens with one attached hydrogen (secondary N) is 1. The van der Waals surface area contributed by atoms with Crippen molar-refractivity contribution in [2.24, 2.45) is 0 Å². The summed E-state index contributed by atoms with van der Waals surface area (Å²) in [7, 11) is 3.62. The van der Waals surface area contributed by atoms with Gasteiger partial charge in [0.2, 0.25) is 0 Å². The standard InChI is InChI=1S/C9H15NO2/c1-10-6-8(7-11-2)9-4-3-5-12-9/h3-5,8,10H,6-7H2,1-2H3/t8-/m0/s1. The van der Waals surface area contributed by atoms with E-state index in [1.165, 1.54) is 0 Å². The van der Waals surface area contributed by atoms with E-state index in [-0.39, 0.29) is 0 Å². The maximum atomic E-state index is 5.28. The minimum atomic E-state index is 0.315. The molecule has 1 aromatic heterocycles. The van der Waals surface area contributed by atoms with Crippen molar-refractivity contribution in [3.63, 3.8) is 0 Å². The van der Waals surface area contributed by atoms with Gasteiger partial charge in [-0.05, 0) is 19.2 Å². The fourth-order valence-electron chi connectivity index (χ4n) is 1.21. The van der Waals surface area contributed by atoms with Crippen molar-refractivity contribution in [2.75, 3.05) is 27.3 Å². The molecule has 0 spiro atoms. The van der Waals surface area contributed by atoms with Gasteiger partial charge < -0.3 is 14.5 Å². The number of rotatable bonds is 5. The number of furan rings is 1. The van der Waals surface area contributed by atoms with Crippen LogP contribution in [0, 0.1) is 0 Å². The summed E-state index contributed by atoms with van der Waals surface area (Å²) < 4.78 is 10.4. The summed E-state index contributed by atoms with van der Waals surface area (Å²) in [4.78, 5) is 0. The van der Waals surface area contributed by atoms with Crippen LogP contribution in [0.5, 0.6) is 0 Å². The fourth-order valence-corrected chi connectivity index (χ4v) is 1.21. The predicted molar refractivity (Wildman–Crippen MR) is 47.3 cm³/mol. The van der Waals surface area contributed by atoms with Crippen LogP contribution in [0.1, 0.15) is 11.7 Å². The number of likely N-dealkylation sites (N-methyl/N-ethyl adjacent to an activating group) is 1. The van der Waals surface area contributed by atoms with E-state index in [4.69, 9.17) is 9.15 Å². The molecule has 0 bridgehead atoms. The molecular weight excluding hydrogens is 154 g/mol. The van der Waals surface area contributed by atoms with Crippen molar-refractivity contribution >= 4 is 0 Å². The number of ether oxygens (including phenoxy) is 1. The van der Waals surface area contributed by atoms with E-state index in [0.29, 0.717) is 12.5 Å². The Morgan fingerprint density at radius 3 is 3.00 bits per heavy atom. The first-order chi connectivity index (χ1) is 5.88. The topological polar surface area (TPSA) is 34.4 Å². The minimum absolute atomic E-state index is 0.315. The van der Waals surface area contributed by atoms with Gasteiger partial charge in [-0.1, -0.05) is 0 Å². The number of methoxy groups -OCH3 is 1. The highest BCUT2D eigenvalue weighted by Crippen LogP contribution is 2.15. The Hall–Kier alpha value is -0.800. The molecule has 1 N–H and O–H groups in total. The molecule has 0 aliphatic heterocycles. The molecular formula is C9H15NO2. The van der Waals surface area contributed by atoms with Crippen molar-refractivity contribution < 1.29 is 9.15 Å². The third-order valence-electron chi connectivity index (χ3n) is 1.76. The summed E-state index contributed by atoms with van der Waals surface area (Å²) >= 11 is 0. The third-order valence-corrected chi connectivity index (χ3v) is 1.76. The maximum absolute atomic E-state index is 5.28. The molecule has 68 valence electrons. The molecule has 1 heterocycles. The Kier molecular flexibility index (Phi) is 3.84. The van der Waals surface area contributed by atoms with Gasteiger partial charge in [0.15, 0.2) is 0 Å². The van der Waals surface area contributed by atoms with Gasteiger partial charge in [-0.25, -0.2) is 0 Å². The lowest BCUT2D eigenvalue weighted by molar-refractivity contribution is 0.170. The molecule has 12 heavy (non-hydrogen) atoms.